The fraction of sp³-hybridized carbons (Fsp3) is 0.333. The molecule has 80 valence electrons. The second kappa shape index (κ2) is 5.29. The molecule has 0 heterocycles. The zero-order valence-electron chi connectivity index (χ0n) is 9.73. The average molecular weight is 203 g/mol. The molecule has 0 saturated carbocycles. The summed E-state index contributed by atoms with van der Waals surface area (Å²) in [5.74, 6) is 0.762. The maximum absolute atomic E-state index is 4.42. The van der Waals surface area contributed by atoms with E-state index in [-0.39, 0.29) is 0 Å². The Morgan fingerprint density at radius 3 is 2.53 bits per heavy atom. The van der Waals surface area contributed by atoms with Crippen molar-refractivity contribution >= 4 is 17.9 Å². The van der Waals surface area contributed by atoms with Crippen LogP contribution in [0.25, 0.3) is 0 Å². The maximum atomic E-state index is 4.42. The van der Waals surface area contributed by atoms with Crippen molar-refractivity contribution in [2.75, 3.05) is 14.1 Å². The van der Waals surface area contributed by atoms with Crippen molar-refractivity contribution in [1.82, 2.24) is 4.90 Å². The van der Waals surface area contributed by atoms with Crippen molar-refractivity contribution in [2.45, 2.75) is 13.8 Å². The van der Waals surface area contributed by atoms with Crippen molar-refractivity contribution in [3.05, 3.63) is 29.8 Å². The van der Waals surface area contributed by atoms with E-state index in [4.69, 9.17) is 0 Å². The highest BCUT2D eigenvalue weighted by atomic mass is 15.1. The Morgan fingerprint density at radius 1 is 1.27 bits per heavy atom. The van der Waals surface area contributed by atoms with E-state index < -0.39 is 0 Å². The molecule has 1 aromatic carbocycles. The zero-order valence-corrected chi connectivity index (χ0v) is 9.73. The Morgan fingerprint density at radius 2 is 1.93 bits per heavy atom. The first-order chi connectivity index (χ1) is 7.09. The van der Waals surface area contributed by atoms with Gasteiger partial charge < -0.3 is 4.90 Å². The van der Waals surface area contributed by atoms with E-state index in [1.54, 1.807) is 6.34 Å². The number of aliphatic imine (C=N–C) groups is 2. The topological polar surface area (TPSA) is 28.0 Å². The third-order valence-electron chi connectivity index (χ3n) is 1.87. The van der Waals surface area contributed by atoms with Crippen LogP contribution in [0.4, 0.5) is 5.69 Å². The Bertz CT molecular complexity index is 378. The molecule has 0 aliphatic heterocycles. The zero-order chi connectivity index (χ0) is 11.3. The smallest absolute Gasteiger partial charge is 0.127 e. The molecule has 3 nitrogen and oxygen atoms in total. The lowest BCUT2D eigenvalue weighted by Crippen LogP contribution is -2.08. The second-order valence-corrected chi connectivity index (χ2v) is 3.65. The molecule has 0 aromatic heterocycles. The van der Waals surface area contributed by atoms with Gasteiger partial charge in [-0.25, -0.2) is 9.98 Å². The number of amidine groups is 1. The molecule has 0 spiro atoms. The van der Waals surface area contributed by atoms with Crippen molar-refractivity contribution < 1.29 is 0 Å². The van der Waals surface area contributed by atoms with Crippen LogP contribution < -0.4 is 0 Å². The van der Waals surface area contributed by atoms with Gasteiger partial charge in [0.15, 0.2) is 0 Å². The van der Waals surface area contributed by atoms with E-state index in [0.29, 0.717) is 0 Å². The highest BCUT2D eigenvalue weighted by molar-refractivity contribution is 5.89. The van der Waals surface area contributed by atoms with Crippen molar-refractivity contribution in [1.29, 1.82) is 0 Å². The van der Waals surface area contributed by atoms with Gasteiger partial charge in [-0.3, -0.25) is 0 Å². The number of hydrogen-bond acceptors (Lipinski definition) is 1. The predicted molar refractivity (Wildman–Crippen MR) is 66.1 cm³/mol. The molecule has 1 rings (SSSR count). The average Bonchev–Trinajstić information content (AvgIpc) is 2.18. The minimum atomic E-state index is 0.762. The SMILES string of the molecule is CC(N=CN(C)C)=Nc1ccccc1C. The third kappa shape index (κ3) is 3.94. The second-order valence-electron chi connectivity index (χ2n) is 3.65. The lowest BCUT2D eigenvalue weighted by molar-refractivity contribution is 0.644. The highest BCUT2D eigenvalue weighted by Crippen LogP contribution is 2.17. The van der Waals surface area contributed by atoms with Crippen LogP contribution in [0.3, 0.4) is 0 Å². The number of aryl methyl sites for hydroxylation is 1. The number of benzene rings is 1. The van der Waals surface area contributed by atoms with Crippen LogP contribution in [0.1, 0.15) is 12.5 Å². The molecule has 15 heavy (non-hydrogen) atoms. The van der Waals surface area contributed by atoms with Gasteiger partial charge in [0.25, 0.3) is 0 Å². The molecular weight excluding hydrogens is 186 g/mol. The first kappa shape index (κ1) is 11.4. The Balaban J connectivity index is 2.83. The Hall–Kier alpha value is -1.64. The molecule has 0 aliphatic rings. The van der Waals surface area contributed by atoms with Crippen LogP contribution in [-0.4, -0.2) is 31.2 Å². The Labute approximate surface area is 91.2 Å². The molecule has 0 radical (unpaired) electrons. The molecule has 0 saturated heterocycles. The first-order valence-corrected chi connectivity index (χ1v) is 4.91. The van der Waals surface area contributed by atoms with Crippen LogP contribution in [0, 0.1) is 6.92 Å². The molecule has 0 unspecified atom stereocenters. The van der Waals surface area contributed by atoms with Crippen molar-refractivity contribution in [3.63, 3.8) is 0 Å². The van der Waals surface area contributed by atoms with Crippen molar-refractivity contribution in [2.24, 2.45) is 9.98 Å². The van der Waals surface area contributed by atoms with E-state index >= 15 is 0 Å². The van der Waals surface area contributed by atoms with Crippen LogP contribution in [0.15, 0.2) is 34.3 Å². The summed E-state index contributed by atoms with van der Waals surface area (Å²) in [5, 5.41) is 0. The summed E-state index contributed by atoms with van der Waals surface area (Å²) in [6.45, 7) is 3.94. The molecule has 1 aromatic rings. The molecule has 0 atom stereocenters. The largest absolute Gasteiger partial charge is 0.369 e. The molecule has 0 aliphatic carbocycles. The van der Waals surface area contributed by atoms with E-state index in [1.165, 1.54) is 0 Å². The van der Waals surface area contributed by atoms with E-state index in [0.717, 1.165) is 17.1 Å². The highest BCUT2D eigenvalue weighted by Gasteiger charge is 1.94. The monoisotopic (exact) mass is 203 g/mol. The van der Waals surface area contributed by atoms with Crippen LogP contribution in [-0.2, 0) is 0 Å². The molecular formula is C12H17N3. The quantitative estimate of drug-likeness (QED) is 0.536. The van der Waals surface area contributed by atoms with Crippen LogP contribution in [0.5, 0.6) is 0 Å². The van der Waals surface area contributed by atoms with E-state index in [2.05, 4.69) is 9.98 Å². The minimum absolute atomic E-state index is 0.762. The summed E-state index contributed by atoms with van der Waals surface area (Å²) in [7, 11) is 3.87. The van der Waals surface area contributed by atoms with Gasteiger partial charge in [-0.1, -0.05) is 18.2 Å². The van der Waals surface area contributed by atoms with Crippen LogP contribution >= 0.6 is 0 Å². The summed E-state index contributed by atoms with van der Waals surface area (Å²) in [6, 6.07) is 8.02. The lowest BCUT2D eigenvalue weighted by Gasteiger charge is -2.02. The van der Waals surface area contributed by atoms with Gasteiger partial charge in [0.1, 0.15) is 5.84 Å². The molecule has 3 heteroatoms. The summed E-state index contributed by atoms with van der Waals surface area (Å²) < 4.78 is 0. The van der Waals surface area contributed by atoms with Gasteiger partial charge in [0.2, 0.25) is 0 Å². The summed E-state index contributed by atoms with van der Waals surface area (Å²) in [6.07, 6.45) is 1.75. The summed E-state index contributed by atoms with van der Waals surface area (Å²) in [5.41, 5.74) is 2.14. The minimum Gasteiger partial charge on any atom is -0.369 e. The Kier molecular flexibility index (Phi) is 4.03. The van der Waals surface area contributed by atoms with Gasteiger partial charge >= 0.3 is 0 Å². The standard InChI is InChI=1S/C12H17N3/c1-10-7-5-6-8-12(10)14-11(2)13-9-15(3)4/h5-9H,1-4H3. The molecule has 0 N–H and O–H groups in total. The van der Waals surface area contributed by atoms with Gasteiger partial charge in [-0.15, -0.1) is 0 Å². The molecule has 0 fully saturated rings. The normalized spacial score (nSPS) is 12.1. The molecule has 0 amide bonds. The number of hydrogen-bond donors (Lipinski definition) is 0. The van der Waals surface area contributed by atoms with Crippen molar-refractivity contribution in [3.8, 4) is 0 Å². The van der Waals surface area contributed by atoms with E-state index in [9.17, 15) is 0 Å². The van der Waals surface area contributed by atoms with Gasteiger partial charge in [-0.2, -0.15) is 0 Å². The van der Waals surface area contributed by atoms with E-state index in [1.807, 2.05) is 57.1 Å². The fourth-order valence-electron chi connectivity index (χ4n) is 1.09. The fourth-order valence-corrected chi connectivity index (χ4v) is 1.09. The van der Waals surface area contributed by atoms with Gasteiger partial charge in [0.05, 0.1) is 12.0 Å². The predicted octanol–water partition coefficient (Wildman–Crippen LogP) is 2.63. The number of nitrogens with zero attached hydrogens (tertiary/aromatic N) is 3. The number of para-hydroxylation sites is 1. The summed E-state index contributed by atoms with van der Waals surface area (Å²) in [4.78, 5) is 10.5. The lowest BCUT2D eigenvalue weighted by atomic mass is 10.2. The van der Waals surface area contributed by atoms with Gasteiger partial charge in [-0.05, 0) is 25.5 Å². The van der Waals surface area contributed by atoms with Crippen LogP contribution in [0.2, 0.25) is 0 Å². The third-order valence-corrected chi connectivity index (χ3v) is 1.87. The maximum Gasteiger partial charge on any atom is 0.127 e. The van der Waals surface area contributed by atoms with Gasteiger partial charge in [0, 0.05) is 14.1 Å². The first-order valence-electron chi connectivity index (χ1n) is 4.91. The summed E-state index contributed by atoms with van der Waals surface area (Å²) >= 11 is 0. The number of rotatable bonds is 2. The molecule has 0 bridgehead atoms.